The Hall–Kier alpha value is -2.09. The molecule has 2 aromatic carbocycles. The highest BCUT2D eigenvalue weighted by Crippen LogP contribution is 2.26. The summed E-state index contributed by atoms with van der Waals surface area (Å²) in [6, 6.07) is 12.1. The molecule has 164 valence electrons. The summed E-state index contributed by atoms with van der Waals surface area (Å²) in [4.78, 5) is 14.3. The lowest BCUT2D eigenvalue weighted by molar-refractivity contribution is 0.0787. The van der Waals surface area contributed by atoms with Crippen LogP contribution in [0.25, 0.3) is 0 Å². The molecule has 0 spiro atoms. The summed E-state index contributed by atoms with van der Waals surface area (Å²) in [6.45, 7) is 7.11. The van der Waals surface area contributed by atoms with Crippen LogP contribution in [0.4, 0.5) is 0 Å². The van der Waals surface area contributed by atoms with E-state index >= 15 is 0 Å². The minimum absolute atomic E-state index is 0.0463. The molecule has 0 unspecified atom stereocenters. The van der Waals surface area contributed by atoms with Crippen molar-refractivity contribution >= 4 is 27.5 Å². The van der Waals surface area contributed by atoms with E-state index in [4.69, 9.17) is 16.3 Å². The molecule has 2 aromatic rings. The Morgan fingerprint density at radius 2 is 1.77 bits per heavy atom. The lowest BCUT2D eigenvalue weighted by atomic mass is 10.2. The van der Waals surface area contributed by atoms with Crippen molar-refractivity contribution in [2.24, 2.45) is 0 Å². The monoisotopic (exact) mass is 452 g/mol. The standard InChI is InChI=1S/C22H29ClN2O4S/c1-5-25(6-2)30(27,28)21-16-18(12-13-19(21)23)22(26)24(4)14-9-15-29-20-11-8-7-10-17(20)3/h7-8,10-13,16H,5-6,9,14-15H2,1-4H3. The molecule has 0 aliphatic heterocycles. The Morgan fingerprint density at radius 1 is 1.10 bits per heavy atom. The van der Waals surface area contributed by atoms with Crippen LogP contribution in [0.1, 0.15) is 36.2 Å². The molecule has 30 heavy (non-hydrogen) atoms. The third-order valence-electron chi connectivity index (χ3n) is 4.84. The van der Waals surface area contributed by atoms with Gasteiger partial charge in [-0.3, -0.25) is 4.79 Å². The van der Waals surface area contributed by atoms with E-state index in [9.17, 15) is 13.2 Å². The molecule has 0 heterocycles. The fourth-order valence-corrected chi connectivity index (χ4v) is 5.02. The second-order valence-electron chi connectivity index (χ2n) is 6.93. The van der Waals surface area contributed by atoms with E-state index in [1.807, 2.05) is 31.2 Å². The van der Waals surface area contributed by atoms with Crippen molar-refractivity contribution in [3.05, 3.63) is 58.6 Å². The van der Waals surface area contributed by atoms with E-state index < -0.39 is 10.0 Å². The summed E-state index contributed by atoms with van der Waals surface area (Å²) < 4.78 is 32.7. The first-order valence-electron chi connectivity index (χ1n) is 9.96. The molecule has 2 rings (SSSR count). The van der Waals surface area contributed by atoms with Gasteiger partial charge in [0.2, 0.25) is 10.0 Å². The largest absolute Gasteiger partial charge is 0.493 e. The van der Waals surface area contributed by atoms with Gasteiger partial charge < -0.3 is 9.64 Å². The molecule has 0 atom stereocenters. The van der Waals surface area contributed by atoms with E-state index in [1.165, 1.54) is 16.4 Å². The topological polar surface area (TPSA) is 66.9 Å². The van der Waals surface area contributed by atoms with E-state index in [2.05, 4.69) is 0 Å². The van der Waals surface area contributed by atoms with Crippen LogP contribution < -0.4 is 4.74 Å². The number of ether oxygens (including phenoxy) is 1. The van der Waals surface area contributed by atoms with Crippen LogP contribution in [-0.2, 0) is 10.0 Å². The van der Waals surface area contributed by atoms with Crippen molar-refractivity contribution in [1.82, 2.24) is 9.21 Å². The summed E-state index contributed by atoms with van der Waals surface area (Å²) in [5, 5.41) is 0.104. The van der Waals surface area contributed by atoms with Crippen molar-refractivity contribution in [2.45, 2.75) is 32.1 Å². The van der Waals surface area contributed by atoms with Gasteiger partial charge in [-0.2, -0.15) is 4.31 Å². The third kappa shape index (κ3) is 5.74. The van der Waals surface area contributed by atoms with Crippen LogP contribution >= 0.6 is 11.6 Å². The number of hydrogen-bond donors (Lipinski definition) is 0. The van der Waals surface area contributed by atoms with Gasteiger partial charge in [0.15, 0.2) is 0 Å². The lowest BCUT2D eigenvalue weighted by Gasteiger charge is -2.21. The fourth-order valence-electron chi connectivity index (χ4n) is 3.06. The molecule has 6 nitrogen and oxygen atoms in total. The van der Waals surface area contributed by atoms with Gasteiger partial charge in [0.1, 0.15) is 10.6 Å². The highest BCUT2D eigenvalue weighted by atomic mass is 35.5. The number of carbonyl (C=O) groups excluding carboxylic acids is 1. The summed E-state index contributed by atoms with van der Waals surface area (Å²) in [5.74, 6) is 0.564. The van der Waals surface area contributed by atoms with Crippen LogP contribution in [0.3, 0.4) is 0 Å². The maximum atomic E-state index is 12.8. The zero-order chi connectivity index (χ0) is 22.3. The number of sulfonamides is 1. The van der Waals surface area contributed by atoms with Crippen molar-refractivity contribution in [3.8, 4) is 5.75 Å². The first-order chi connectivity index (χ1) is 14.2. The summed E-state index contributed by atoms with van der Waals surface area (Å²) in [6.07, 6.45) is 0.648. The second kappa shape index (κ2) is 10.8. The van der Waals surface area contributed by atoms with Crippen molar-refractivity contribution < 1.29 is 17.9 Å². The van der Waals surface area contributed by atoms with Crippen LogP contribution in [0, 0.1) is 6.92 Å². The number of para-hydroxylation sites is 1. The van der Waals surface area contributed by atoms with E-state index in [0.717, 1.165) is 11.3 Å². The molecule has 0 bridgehead atoms. The normalized spacial score (nSPS) is 11.5. The molecule has 0 fully saturated rings. The van der Waals surface area contributed by atoms with E-state index in [0.29, 0.717) is 32.7 Å². The molecule has 0 saturated carbocycles. The molecule has 0 N–H and O–H groups in total. The average molecular weight is 453 g/mol. The Bertz CT molecular complexity index is 975. The van der Waals surface area contributed by atoms with Crippen molar-refractivity contribution in [2.75, 3.05) is 33.3 Å². The highest BCUT2D eigenvalue weighted by Gasteiger charge is 2.26. The minimum atomic E-state index is -3.76. The molecule has 0 saturated heterocycles. The zero-order valence-corrected chi connectivity index (χ0v) is 19.5. The van der Waals surface area contributed by atoms with Crippen LogP contribution in [0.15, 0.2) is 47.4 Å². The molecule has 8 heteroatoms. The minimum Gasteiger partial charge on any atom is -0.493 e. The van der Waals surface area contributed by atoms with Gasteiger partial charge in [0.25, 0.3) is 5.91 Å². The molecule has 0 aliphatic rings. The van der Waals surface area contributed by atoms with E-state index in [1.54, 1.807) is 31.9 Å². The lowest BCUT2D eigenvalue weighted by Crippen LogP contribution is -2.32. The van der Waals surface area contributed by atoms with Crippen LogP contribution in [-0.4, -0.2) is 56.8 Å². The summed E-state index contributed by atoms with van der Waals surface area (Å²) >= 11 is 6.15. The second-order valence-corrected chi connectivity index (χ2v) is 9.24. The highest BCUT2D eigenvalue weighted by molar-refractivity contribution is 7.89. The summed E-state index contributed by atoms with van der Waals surface area (Å²) in [5.41, 5.74) is 1.34. The fraction of sp³-hybridized carbons (Fsp3) is 0.409. The molecule has 0 aromatic heterocycles. The number of halogens is 1. The predicted molar refractivity (Wildman–Crippen MR) is 120 cm³/mol. The van der Waals surface area contributed by atoms with Gasteiger partial charge in [-0.1, -0.05) is 43.6 Å². The zero-order valence-electron chi connectivity index (χ0n) is 17.9. The SMILES string of the molecule is CCN(CC)S(=O)(=O)c1cc(C(=O)N(C)CCCOc2ccccc2C)ccc1Cl. The smallest absolute Gasteiger partial charge is 0.253 e. The Kier molecular flexibility index (Phi) is 8.70. The maximum absolute atomic E-state index is 12.8. The Labute approximate surface area is 184 Å². The number of aryl methyl sites for hydroxylation is 1. The van der Waals surface area contributed by atoms with Crippen LogP contribution in [0.2, 0.25) is 5.02 Å². The van der Waals surface area contributed by atoms with E-state index in [-0.39, 0.29) is 21.4 Å². The quantitative estimate of drug-likeness (QED) is 0.506. The van der Waals surface area contributed by atoms with Gasteiger partial charge in [-0.15, -0.1) is 0 Å². The van der Waals surface area contributed by atoms with Crippen molar-refractivity contribution in [3.63, 3.8) is 0 Å². The van der Waals surface area contributed by atoms with Gasteiger partial charge in [-0.05, 0) is 43.2 Å². The molecule has 0 radical (unpaired) electrons. The Morgan fingerprint density at radius 3 is 2.40 bits per heavy atom. The van der Waals surface area contributed by atoms with Gasteiger partial charge in [-0.25, -0.2) is 8.42 Å². The molecule has 0 aliphatic carbocycles. The molecule has 1 amide bonds. The number of benzene rings is 2. The number of amides is 1. The number of nitrogens with zero attached hydrogens (tertiary/aromatic N) is 2. The predicted octanol–water partition coefficient (Wildman–Crippen LogP) is 4.22. The number of carbonyl (C=O) groups is 1. The first-order valence-corrected chi connectivity index (χ1v) is 11.8. The van der Waals surface area contributed by atoms with Crippen molar-refractivity contribution in [1.29, 1.82) is 0 Å². The summed E-state index contributed by atoms with van der Waals surface area (Å²) in [7, 11) is -2.07. The number of rotatable bonds is 10. The average Bonchev–Trinajstić information content (AvgIpc) is 2.72. The number of hydrogen-bond acceptors (Lipinski definition) is 4. The Balaban J connectivity index is 2.05. The maximum Gasteiger partial charge on any atom is 0.253 e. The van der Waals surface area contributed by atoms with Gasteiger partial charge in [0.05, 0.1) is 11.6 Å². The van der Waals surface area contributed by atoms with Gasteiger partial charge in [0, 0.05) is 32.2 Å². The van der Waals surface area contributed by atoms with Crippen LogP contribution in [0.5, 0.6) is 5.75 Å². The first kappa shape index (κ1) is 24.2. The third-order valence-corrected chi connectivity index (χ3v) is 7.37. The molecular formula is C22H29ClN2O4S. The van der Waals surface area contributed by atoms with Gasteiger partial charge >= 0.3 is 0 Å². The molecular weight excluding hydrogens is 424 g/mol.